The van der Waals surface area contributed by atoms with Crippen LogP contribution in [0.1, 0.15) is 29.6 Å². The second-order valence-electron chi connectivity index (χ2n) is 4.63. The van der Waals surface area contributed by atoms with E-state index in [4.69, 9.17) is 10.5 Å². The van der Waals surface area contributed by atoms with Crippen molar-refractivity contribution in [3.05, 3.63) is 29.8 Å². The van der Waals surface area contributed by atoms with Crippen molar-refractivity contribution < 1.29 is 14.3 Å². The van der Waals surface area contributed by atoms with E-state index in [9.17, 15) is 9.59 Å². The maximum absolute atomic E-state index is 12.2. The quantitative estimate of drug-likeness (QED) is 0.885. The predicted molar refractivity (Wildman–Crippen MR) is 70.9 cm³/mol. The molecule has 0 bridgehead atoms. The molecule has 1 saturated heterocycles. The smallest absolute Gasteiger partial charge is 0.255 e. The van der Waals surface area contributed by atoms with E-state index >= 15 is 0 Å². The molecule has 0 aromatic heterocycles. The Hall–Kier alpha value is -2.04. The number of hydrogen-bond donors (Lipinski definition) is 1. The molecule has 0 atom stereocenters. The highest BCUT2D eigenvalue weighted by Gasteiger charge is 2.17. The Morgan fingerprint density at radius 2 is 1.74 bits per heavy atom. The summed E-state index contributed by atoms with van der Waals surface area (Å²) in [5, 5.41) is 0. The Kier molecular flexibility index (Phi) is 4.39. The van der Waals surface area contributed by atoms with Crippen molar-refractivity contribution in [3.63, 3.8) is 0 Å². The van der Waals surface area contributed by atoms with Crippen molar-refractivity contribution in [1.29, 1.82) is 0 Å². The van der Waals surface area contributed by atoms with Crippen molar-refractivity contribution in [2.45, 2.75) is 19.3 Å². The van der Waals surface area contributed by atoms with E-state index in [-0.39, 0.29) is 12.5 Å². The van der Waals surface area contributed by atoms with Gasteiger partial charge >= 0.3 is 0 Å². The summed E-state index contributed by atoms with van der Waals surface area (Å²) in [4.78, 5) is 24.7. The molecule has 0 radical (unpaired) electrons. The van der Waals surface area contributed by atoms with E-state index in [0.29, 0.717) is 11.3 Å². The molecule has 2 N–H and O–H groups in total. The van der Waals surface area contributed by atoms with Gasteiger partial charge in [-0.05, 0) is 43.5 Å². The summed E-state index contributed by atoms with van der Waals surface area (Å²) in [6.07, 6.45) is 3.35. The first-order valence-electron chi connectivity index (χ1n) is 6.47. The lowest BCUT2D eigenvalue weighted by atomic mass is 10.1. The number of hydrogen-bond acceptors (Lipinski definition) is 3. The number of carbonyl (C=O) groups excluding carboxylic acids is 2. The SMILES string of the molecule is NC(=O)COc1ccc(C(=O)N2CCCCC2)cc1. The first-order valence-corrected chi connectivity index (χ1v) is 6.47. The minimum Gasteiger partial charge on any atom is -0.484 e. The number of nitrogens with zero attached hydrogens (tertiary/aromatic N) is 1. The molecule has 0 saturated carbocycles. The van der Waals surface area contributed by atoms with Crippen LogP contribution in [0.15, 0.2) is 24.3 Å². The van der Waals surface area contributed by atoms with Crippen LogP contribution in [0.2, 0.25) is 0 Å². The van der Waals surface area contributed by atoms with Gasteiger partial charge in [0, 0.05) is 18.7 Å². The van der Waals surface area contributed by atoms with Crippen molar-refractivity contribution >= 4 is 11.8 Å². The number of piperidine rings is 1. The largest absolute Gasteiger partial charge is 0.484 e. The second kappa shape index (κ2) is 6.22. The minimum absolute atomic E-state index is 0.0566. The van der Waals surface area contributed by atoms with E-state index in [0.717, 1.165) is 25.9 Å². The average Bonchev–Trinajstić information content (AvgIpc) is 2.46. The highest BCUT2D eigenvalue weighted by atomic mass is 16.5. The first kappa shape index (κ1) is 13.4. The zero-order valence-corrected chi connectivity index (χ0v) is 10.8. The maximum Gasteiger partial charge on any atom is 0.255 e. The second-order valence-corrected chi connectivity index (χ2v) is 4.63. The van der Waals surface area contributed by atoms with Gasteiger partial charge in [-0.15, -0.1) is 0 Å². The maximum atomic E-state index is 12.2. The van der Waals surface area contributed by atoms with E-state index in [2.05, 4.69) is 0 Å². The van der Waals surface area contributed by atoms with Gasteiger partial charge < -0.3 is 15.4 Å². The number of nitrogens with two attached hydrogens (primary N) is 1. The third kappa shape index (κ3) is 3.71. The Bertz CT molecular complexity index is 450. The van der Waals surface area contributed by atoms with Crippen LogP contribution < -0.4 is 10.5 Å². The van der Waals surface area contributed by atoms with Gasteiger partial charge in [-0.2, -0.15) is 0 Å². The normalized spacial score (nSPS) is 15.1. The molecule has 5 nitrogen and oxygen atoms in total. The van der Waals surface area contributed by atoms with Crippen molar-refractivity contribution in [3.8, 4) is 5.75 Å². The zero-order chi connectivity index (χ0) is 13.7. The predicted octanol–water partition coefficient (Wildman–Crippen LogP) is 1.18. The van der Waals surface area contributed by atoms with Gasteiger partial charge in [0.1, 0.15) is 5.75 Å². The molecule has 1 aromatic rings. The van der Waals surface area contributed by atoms with Gasteiger partial charge in [0.15, 0.2) is 6.61 Å². The highest BCUT2D eigenvalue weighted by molar-refractivity contribution is 5.94. The number of likely N-dealkylation sites (tertiary alicyclic amines) is 1. The van der Waals surface area contributed by atoms with Crippen LogP contribution in [0.4, 0.5) is 0 Å². The lowest BCUT2D eigenvalue weighted by Gasteiger charge is -2.26. The third-order valence-electron chi connectivity index (χ3n) is 3.13. The zero-order valence-electron chi connectivity index (χ0n) is 10.8. The molecule has 0 aliphatic carbocycles. The van der Waals surface area contributed by atoms with Gasteiger partial charge in [-0.25, -0.2) is 0 Å². The third-order valence-corrected chi connectivity index (χ3v) is 3.13. The molecular formula is C14H18N2O3. The lowest BCUT2D eigenvalue weighted by molar-refractivity contribution is -0.119. The van der Waals surface area contributed by atoms with Crippen LogP contribution >= 0.6 is 0 Å². The monoisotopic (exact) mass is 262 g/mol. The summed E-state index contributed by atoms with van der Waals surface area (Å²) in [5.41, 5.74) is 5.64. The summed E-state index contributed by atoms with van der Waals surface area (Å²) in [6.45, 7) is 1.51. The number of rotatable bonds is 4. The van der Waals surface area contributed by atoms with Crippen LogP contribution in [0.3, 0.4) is 0 Å². The van der Waals surface area contributed by atoms with Crippen molar-refractivity contribution in [2.24, 2.45) is 5.73 Å². The molecule has 5 heteroatoms. The topological polar surface area (TPSA) is 72.6 Å². The summed E-state index contributed by atoms with van der Waals surface area (Å²) in [7, 11) is 0. The summed E-state index contributed by atoms with van der Waals surface area (Å²) >= 11 is 0. The molecule has 19 heavy (non-hydrogen) atoms. The molecule has 2 amide bonds. The number of benzene rings is 1. The fraction of sp³-hybridized carbons (Fsp3) is 0.429. The van der Waals surface area contributed by atoms with Gasteiger partial charge in [0.05, 0.1) is 0 Å². The van der Waals surface area contributed by atoms with E-state index in [1.807, 2.05) is 4.90 Å². The standard InChI is InChI=1S/C14H18N2O3/c15-13(17)10-19-12-6-4-11(5-7-12)14(18)16-8-2-1-3-9-16/h4-7H,1-3,8-10H2,(H2,15,17). The first-order chi connectivity index (χ1) is 9.16. The molecule has 1 aliphatic heterocycles. The Morgan fingerprint density at radius 1 is 1.11 bits per heavy atom. The number of amides is 2. The lowest BCUT2D eigenvalue weighted by Crippen LogP contribution is -2.35. The Morgan fingerprint density at radius 3 is 2.32 bits per heavy atom. The molecule has 102 valence electrons. The molecule has 1 aliphatic rings. The van der Waals surface area contributed by atoms with Crippen LogP contribution in [0.5, 0.6) is 5.75 Å². The van der Waals surface area contributed by atoms with Gasteiger partial charge in [0.2, 0.25) is 0 Å². The molecule has 1 aromatic carbocycles. The fourth-order valence-corrected chi connectivity index (χ4v) is 2.13. The number of carbonyl (C=O) groups is 2. The van der Waals surface area contributed by atoms with E-state index in [1.165, 1.54) is 6.42 Å². The van der Waals surface area contributed by atoms with Crippen LogP contribution in [0, 0.1) is 0 Å². The van der Waals surface area contributed by atoms with Gasteiger partial charge in [0.25, 0.3) is 11.8 Å². The fourth-order valence-electron chi connectivity index (χ4n) is 2.13. The number of ether oxygens (including phenoxy) is 1. The van der Waals surface area contributed by atoms with Gasteiger partial charge in [-0.1, -0.05) is 0 Å². The summed E-state index contributed by atoms with van der Waals surface area (Å²) in [5.74, 6) is 0.0728. The van der Waals surface area contributed by atoms with Crippen LogP contribution in [-0.2, 0) is 4.79 Å². The molecular weight excluding hydrogens is 244 g/mol. The van der Waals surface area contributed by atoms with E-state index in [1.54, 1.807) is 24.3 Å². The molecule has 1 fully saturated rings. The Balaban J connectivity index is 1.97. The van der Waals surface area contributed by atoms with Crippen molar-refractivity contribution in [1.82, 2.24) is 4.90 Å². The summed E-state index contributed by atoms with van der Waals surface area (Å²) in [6, 6.07) is 6.79. The van der Waals surface area contributed by atoms with E-state index < -0.39 is 5.91 Å². The average molecular weight is 262 g/mol. The molecule has 0 spiro atoms. The van der Waals surface area contributed by atoms with Crippen molar-refractivity contribution in [2.75, 3.05) is 19.7 Å². The van der Waals surface area contributed by atoms with Gasteiger partial charge in [-0.3, -0.25) is 9.59 Å². The minimum atomic E-state index is -0.520. The Labute approximate surface area is 112 Å². The molecule has 1 heterocycles. The summed E-state index contributed by atoms with van der Waals surface area (Å²) < 4.78 is 5.15. The van der Waals surface area contributed by atoms with Crippen LogP contribution in [0.25, 0.3) is 0 Å². The van der Waals surface area contributed by atoms with Crippen LogP contribution in [-0.4, -0.2) is 36.4 Å². The highest BCUT2D eigenvalue weighted by Crippen LogP contribution is 2.16. The molecule has 2 rings (SSSR count). The number of primary amides is 1. The molecule has 0 unspecified atom stereocenters.